The van der Waals surface area contributed by atoms with E-state index in [-0.39, 0.29) is 0 Å². The molecule has 6 heteroatoms. The Balaban J connectivity index is 4.78. The molecule has 2 atom stereocenters. The highest BCUT2D eigenvalue weighted by molar-refractivity contribution is 7.48. The summed E-state index contributed by atoms with van der Waals surface area (Å²) in [5.74, 6) is 0.817. The van der Waals surface area contributed by atoms with Crippen LogP contribution in [0.15, 0.2) is 0 Å². The second-order valence-electron chi connectivity index (χ2n) is 8.72. The third-order valence-corrected chi connectivity index (χ3v) is 6.46. The van der Waals surface area contributed by atoms with Crippen molar-refractivity contribution in [2.24, 2.45) is 11.8 Å². The maximum absolute atomic E-state index is 13.2. The Morgan fingerprint density at radius 1 is 0.778 bits per heavy atom. The van der Waals surface area contributed by atoms with Gasteiger partial charge in [-0.1, -0.05) is 66.2 Å². The van der Waals surface area contributed by atoms with E-state index in [1.807, 2.05) is 0 Å². The molecule has 0 bridgehead atoms. The van der Waals surface area contributed by atoms with Crippen LogP contribution in [0.1, 0.15) is 79.1 Å². The van der Waals surface area contributed by atoms with Crippen molar-refractivity contribution in [3.8, 4) is 0 Å². The zero-order chi connectivity index (χ0) is 20.8. The molecule has 0 fully saturated rings. The Morgan fingerprint density at radius 2 is 1.22 bits per heavy atom. The summed E-state index contributed by atoms with van der Waals surface area (Å²) in [5, 5.41) is 0. The number of phosphoric ester groups is 1. The van der Waals surface area contributed by atoms with Gasteiger partial charge in [-0.25, -0.2) is 4.57 Å². The fourth-order valence-corrected chi connectivity index (χ4v) is 4.04. The third-order valence-electron chi connectivity index (χ3n) is 5.03. The van der Waals surface area contributed by atoms with Crippen molar-refractivity contribution >= 4 is 7.82 Å². The molecule has 0 aliphatic carbocycles. The van der Waals surface area contributed by atoms with Crippen molar-refractivity contribution in [3.63, 3.8) is 0 Å². The molecule has 0 aromatic carbocycles. The van der Waals surface area contributed by atoms with Crippen molar-refractivity contribution in [2.45, 2.75) is 79.1 Å². The molecule has 0 radical (unpaired) electrons. The van der Waals surface area contributed by atoms with Crippen LogP contribution < -0.4 is 0 Å². The van der Waals surface area contributed by atoms with Gasteiger partial charge in [0.1, 0.15) is 13.2 Å². The minimum Gasteiger partial charge on any atom is -0.329 e. The first-order valence-corrected chi connectivity index (χ1v) is 12.5. The minimum absolute atomic E-state index is 0.373. The average Bonchev–Trinajstić information content (AvgIpc) is 2.61. The summed E-state index contributed by atoms with van der Waals surface area (Å²) in [7, 11) is 2.75. The second-order valence-corrected chi connectivity index (χ2v) is 10.4. The summed E-state index contributed by atoms with van der Waals surface area (Å²) < 4.78 is 31.3. The Kier molecular flexibility index (Phi) is 15.0. The fourth-order valence-electron chi connectivity index (χ4n) is 2.73. The number of phosphoric acid groups is 1. The third kappa shape index (κ3) is 14.7. The topological polar surface area (TPSA) is 44.8 Å². The number of rotatable bonds is 18. The van der Waals surface area contributed by atoms with E-state index in [4.69, 9.17) is 13.6 Å². The predicted molar refractivity (Wildman–Crippen MR) is 115 cm³/mol. The van der Waals surface area contributed by atoms with Crippen molar-refractivity contribution in [2.75, 3.05) is 47.5 Å². The summed E-state index contributed by atoms with van der Waals surface area (Å²) in [6.45, 7) is 10.7. The van der Waals surface area contributed by atoms with Gasteiger partial charge in [-0.05, 0) is 24.7 Å². The van der Waals surface area contributed by atoms with E-state index in [9.17, 15) is 4.57 Å². The lowest BCUT2D eigenvalue weighted by atomic mass is 10.0. The SMILES string of the molecule is CCCCC(CC)COP(=O)(OCC[N+](C)(C)C)OCC(CC)CCCC. The molecule has 2 unspecified atom stereocenters. The van der Waals surface area contributed by atoms with E-state index in [1.165, 1.54) is 25.7 Å². The van der Waals surface area contributed by atoms with E-state index in [0.29, 0.717) is 31.7 Å². The van der Waals surface area contributed by atoms with E-state index >= 15 is 0 Å². The standard InChI is InChI=1S/C21H47NO4P/c1-8-12-14-20(10-3)18-25-27(23,24-17-16-22(5,6)7)26-19-21(11-4)15-13-9-2/h20-21H,8-19H2,1-7H3/q+1. The molecule has 27 heavy (non-hydrogen) atoms. The number of unbranched alkanes of at least 4 members (excludes halogenated alkanes) is 2. The Bertz CT molecular complexity index is 374. The van der Waals surface area contributed by atoms with Gasteiger partial charge in [0.05, 0.1) is 34.4 Å². The lowest BCUT2D eigenvalue weighted by molar-refractivity contribution is -0.870. The monoisotopic (exact) mass is 408 g/mol. The van der Waals surface area contributed by atoms with Gasteiger partial charge in [-0.2, -0.15) is 0 Å². The molecule has 0 saturated heterocycles. The molecule has 0 aromatic heterocycles. The lowest BCUT2D eigenvalue weighted by Gasteiger charge is -2.26. The first kappa shape index (κ1) is 27.1. The highest BCUT2D eigenvalue weighted by atomic mass is 31.2. The van der Waals surface area contributed by atoms with Crippen molar-refractivity contribution in [1.29, 1.82) is 0 Å². The molecule has 0 N–H and O–H groups in total. The highest BCUT2D eigenvalue weighted by Gasteiger charge is 2.30. The van der Waals surface area contributed by atoms with Crippen LogP contribution in [0.3, 0.4) is 0 Å². The van der Waals surface area contributed by atoms with Crippen LogP contribution in [0, 0.1) is 11.8 Å². The molecule has 0 spiro atoms. The average molecular weight is 409 g/mol. The van der Waals surface area contributed by atoms with E-state index in [2.05, 4.69) is 48.8 Å². The number of hydrogen-bond acceptors (Lipinski definition) is 4. The van der Waals surface area contributed by atoms with Gasteiger partial charge in [0, 0.05) is 0 Å². The first-order valence-electron chi connectivity index (χ1n) is 11.0. The molecule has 0 aliphatic rings. The van der Waals surface area contributed by atoms with E-state index < -0.39 is 7.82 Å². The van der Waals surface area contributed by atoms with Gasteiger partial charge in [-0.15, -0.1) is 0 Å². The lowest BCUT2D eigenvalue weighted by Crippen LogP contribution is -2.37. The zero-order valence-electron chi connectivity index (χ0n) is 19.2. The second kappa shape index (κ2) is 15.0. The molecule has 0 amide bonds. The van der Waals surface area contributed by atoms with Crippen molar-refractivity contribution < 1.29 is 22.6 Å². The summed E-state index contributed by atoms with van der Waals surface area (Å²) in [6, 6.07) is 0. The van der Waals surface area contributed by atoms with Crippen LogP contribution in [-0.4, -0.2) is 52.0 Å². The largest absolute Gasteiger partial charge is 0.475 e. The molecule has 0 saturated carbocycles. The van der Waals surface area contributed by atoms with E-state index in [0.717, 1.165) is 36.7 Å². The number of nitrogens with zero attached hydrogens (tertiary/aromatic N) is 1. The smallest absolute Gasteiger partial charge is 0.329 e. The summed E-state index contributed by atoms with van der Waals surface area (Å²) in [5.41, 5.74) is 0. The minimum atomic E-state index is -3.51. The Labute approximate surface area is 169 Å². The molecule has 0 heterocycles. The maximum atomic E-state index is 13.2. The zero-order valence-corrected chi connectivity index (χ0v) is 20.1. The summed E-state index contributed by atoms with van der Waals surface area (Å²) in [6.07, 6.45) is 8.91. The van der Waals surface area contributed by atoms with Crippen molar-refractivity contribution in [1.82, 2.24) is 0 Å². The highest BCUT2D eigenvalue weighted by Crippen LogP contribution is 2.50. The van der Waals surface area contributed by atoms with Gasteiger partial charge in [0.15, 0.2) is 0 Å². The Hall–Kier alpha value is 0.0700. The molecule has 0 rings (SSSR count). The Morgan fingerprint density at radius 3 is 1.56 bits per heavy atom. The first-order chi connectivity index (χ1) is 12.7. The quantitative estimate of drug-likeness (QED) is 0.198. The number of quaternary nitrogens is 1. The fraction of sp³-hybridized carbons (Fsp3) is 1.00. The molecule has 0 aromatic rings. The van der Waals surface area contributed by atoms with Crippen LogP contribution in [-0.2, 0) is 18.1 Å². The molecular weight excluding hydrogens is 361 g/mol. The summed E-state index contributed by atoms with van der Waals surface area (Å²) in [4.78, 5) is 0. The van der Waals surface area contributed by atoms with Gasteiger partial charge in [-0.3, -0.25) is 13.6 Å². The summed E-state index contributed by atoms with van der Waals surface area (Å²) >= 11 is 0. The van der Waals surface area contributed by atoms with Gasteiger partial charge < -0.3 is 4.48 Å². The van der Waals surface area contributed by atoms with Crippen LogP contribution in [0.2, 0.25) is 0 Å². The maximum Gasteiger partial charge on any atom is 0.475 e. The van der Waals surface area contributed by atoms with Crippen LogP contribution in [0.25, 0.3) is 0 Å². The predicted octanol–water partition coefficient (Wildman–Crippen LogP) is 6.28. The van der Waals surface area contributed by atoms with Gasteiger partial charge >= 0.3 is 7.82 Å². The van der Waals surface area contributed by atoms with E-state index in [1.54, 1.807) is 0 Å². The number of likely N-dealkylation sites (N-methyl/N-ethyl adjacent to an activating group) is 1. The van der Waals surface area contributed by atoms with Crippen molar-refractivity contribution in [3.05, 3.63) is 0 Å². The normalized spacial score (nSPS) is 16.9. The van der Waals surface area contributed by atoms with Gasteiger partial charge in [0.2, 0.25) is 0 Å². The van der Waals surface area contributed by atoms with Crippen LogP contribution in [0.4, 0.5) is 0 Å². The molecular formula is C21H47NO4P+. The van der Waals surface area contributed by atoms with Crippen LogP contribution >= 0.6 is 7.82 Å². The van der Waals surface area contributed by atoms with Gasteiger partial charge in [0.25, 0.3) is 0 Å². The molecule has 164 valence electrons. The number of hydrogen-bond donors (Lipinski definition) is 0. The molecule has 5 nitrogen and oxygen atoms in total. The molecule has 0 aliphatic heterocycles. The van der Waals surface area contributed by atoms with Crippen LogP contribution in [0.5, 0.6) is 0 Å².